The van der Waals surface area contributed by atoms with Crippen molar-refractivity contribution in [1.29, 1.82) is 0 Å². The molecule has 36 heavy (non-hydrogen) atoms. The molecule has 2 bridgehead atoms. The molecule has 9 heteroatoms. The number of rotatable bonds is 5. The molecule has 1 aliphatic heterocycles. The second kappa shape index (κ2) is 12.4. The highest BCUT2D eigenvalue weighted by Crippen LogP contribution is 2.34. The lowest BCUT2D eigenvalue weighted by Gasteiger charge is -2.28. The van der Waals surface area contributed by atoms with Crippen LogP contribution in [0.5, 0.6) is 11.5 Å². The van der Waals surface area contributed by atoms with Gasteiger partial charge in [-0.15, -0.1) is 0 Å². The lowest BCUT2D eigenvalue weighted by atomic mass is 10.0. The summed E-state index contributed by atoms with van der Waals surface area (Å²) >= 11 is 0. The Balaban J connectivity index is 1.99. The predicted octanol–water partition coefficient (Wildman–Crippen LogP) is 2.16. The first-order valence-corrected chi connectivity index (χ1v) is 12.1. The van der Waals surface area contributed by atoms with E-state index in [2.05, 4.69) is 10.6 Å². The molecule has 1 aliphatic rings. The largest absolute Gasteiger partial charge is 0.497 e. The molecule has 194 valence electrons. The van der Waals surface area contributed by atoms with Crippen LogP contribution in [0.2, 0.25) is 0 Å². The minimum atomic E-state index is -0.793. The van der Waals surface area contributed by atoms with Crippen molar-refractivity contribution in [3.63, 3.8) is 0 Å². The highest BCUT2D eigenvalue weighted by Gasteiger charge is 2.29. The Morgan fingerprint density at radius 1 is 1.19 bits per heavy atom. The Morgan fingerprint density at radius 3 is 2.67 bits per heavy atom. The molecule has 0 radical (unpaired) electrons. The van der Waals surface area contributed by atoms with Gasteiger partial charge in [0.05, 0.1) is 13.2 Å². The first-order chi connectivity index (χ1) is 17.2. The van der Waals surface area contributed by atoms with Crippen LogP contribution in [0.4, 0.5) is 0 Å². The molecule has 3 amide bonds. The van der Waals surface area contributed by atoms with Crippen LogP contribution in [0.15, 0.2) is 42.5 Å². The van der Waals surface area contributed by atoms with Crippen molar-refractivity contribution < 1.29 is 23.9 Å². The molecule has 0 fully saturated rings. The Morgan fingerprint density at radius 2 is 1.94 bits per heavy atom. The molecule has 0 unspecified atom stereocenters. The Bertz CT molecular complexity index is 1090. The summed E-state index contributed by atoms with van der Waals surface area (Å²) in [6, 6.07) is 11.6. The fourth-order valence-corrected chi connectivity index (χ4v) is 4.04. The summed E-state index contributed by atoms with van der Waals surface area (Å²) in [6.07, 6.45) is 0.300. The maximum Gasteiger partial charge on any atom is 0.254 e. The summed E-state index contributed by atoms with van der Waals surface area (Å²) in [5, 5.41) is 5.82. The van der Waals surface area contributed by atoms with Crippen molar-refractivity contribution in [2.45, 2.75) is 31.8 Å². The van der Waals surface area contributed by atoms with E-state index < -0.39 is 6.04 Å². The normalized spacial score (nSPS) is 18.9. The third-order valence-electron chi connectivity index (χ3n) is 6.10. The number of methoxy groups -OCH3 is 1. The number of hydrogen-bond acceptors (Lipinski definition) is 6. The van der Waals surface area contributed by atoms with Gasteiger partial charge >= 0.3 is 0 Å². The number of benzene rings is 2. The minimum absolute atomic E-state index is 0.0988. The number of hydrogen-bond donors (Lipinski definition) is 2. The standard InChI is InChI=1S/C27H36N4O5/c1-18-17-36-24-11-9-21(35-5)16-22(24)19-7-6-8-20(15-19)27(34)31(4)23(10-12-25(32)29-18)26(33)28-13-14-30(2)3/h6-9,11,15-16,18,23H,10,12-14,17H2,1-5H3,(H,28,33)(H,29,32)/t18-,23+/m1/s1. The van der Waals surface area contributed by atoms with E-state index in [4.69, 9.17) is 9.47 Å². The molecular formula is C27H36N4O5. The van der Waals surface area contributed by atoms with Gasteiger partial charge in [0.2, 0.25) is 11.8 Å². The molecule has 1 heterocycles. The summed E-state index contributed by atoms with van der Waals surface area (Å²) in [4.78, 5) is 42.6. The van der Waals surface area contributed by atoms with E-state index in [-0.39, 0.29) is 43.2 Å². The Kier molecular flexibility index (Phi) is 9.30. The van der Waals surface area contributed by atoms with Crippen LogP contribution in [-0.2, 0) is 9.59 Å². The molecule has 0 saturated heterocycles. The fourth-order valence-electron chi connectivity index (χ4n) is 4.04. The number of nitrogens with zero attached hydrogens (tertiary/aromatic N) is 2. The number of amides is 3. The summed E-state index contributed by atoms with van der Waals surface area (Å²) < 4.78 is 11.5. The first kappa shape index (κ1) is 27.0. The summed E-state index contributed by atoms with van der Waals surface area (Å²) in [7, 11) is 7.03. The first-order valence-electron chi connectivity index (χ1n) is 12.1. The molecular weight excluding hydrogens is 460 g/mol. The Hall–Kier alpha value is -3.59. The van der Waals surface area contributed by atoms with Crippen LogP contribution < -0.4 is 20.1 Å². The van der Waals surface area contributed by atoms with Crippen LogP contribution in [0.1, 0.15) is 30.1 Å². The third-order valence-corrected chi connectivity index (χ3v) is 6.10. The maximum atomic E-state index is 13.5. The van der Waals surface area contributed by atoms with E-state index >= 15 is 0 Å². The second-order valence-electron chi connectivity index (χ2n) is 9.29. The van der Waals surface area contributed by atoms with E-state index in [0.717, 1.165) is 11.1 Å². The zero-order valence-corrected chi connectivity index (χ0v) is 21.7. The summed E-state index contributed by atoms with van der Waals surface area (Å²) in [6.45, 7) is 3.23. The van der Waals surface area contributed by atoms with Crippen molar-refractivity contribution in [3.05, 3.63) is 48.0 Å². The second-order valence-corrected chi connectivity index (χ2v) is 9.29. The van der Waals surface area contributed by atoms with Gasteiger partial charge in [-0.2, -0.15) is 0 Å². The number of nitrogens with one attached hydrogen (secondary N) is 2. The lowest BCUT2D eigenvalue weighted by Crippen LogP contribution is -2.49. The van der Waals surface area contributed by atoms with Gasteiger partial charge in [-0.1, -0.05) is 12.1 Å². The number of fused-ring (bicyclic) bond motifs is 4. The van der Waals surface area contributed by atoms with Gasteiger partial charge < -0.3 is 29.9 Å². The highest BCUT2D eigenvalue weighted by atomic mass is 16.5. The Labute approximate surface area is 212 Å². The smallest absolute Gasteiger partial charge is 0.254 e. The van der Waals surface area contributed by atoms with Crippen molar-refractivity contribution in [2.24, 2.45) is 0 Å². The van der Waals surface area contributed by atoms with Gasteiger partial charge in [-0.25, -0.2) is 0 Å². The van der Waals surface area contributed by atoms with Gasteiger partial charge in [0.25, 0.3) is 5.91 Å². The van der Waals surface area contributed by atoms with Gasteiger partial charge in [-0.05, 0) is 63.3 Å². The molecule has 0 spiro atoms. The SMILES string of the molecule is COc1ccc2c(c1)-c1cccc(c1)C(=O)N(C)[C@H](C(=O)NCCN(C)C)CCC(=O)N[C@H](C)CO2. The van der Waals surface area contributed by atoms with Gasteiger partial charge in [-0.3, -0.25) is 14.4 Å². The molecule has 0 aliphatic carbocycles. The molecule has 2 N–H and O–H groups in total. The van der Waals surface area contributed by atoms with E-state index in [1.165, 1.54) is 4.90 Å². The summed E-state index contributed by atoms with van der Waals surface area (Å²) in [5.74, 6) is 0.470. The highest BCUT2D eigenvalue weighted by molar-refractivity contribution is 5.98. The molecule has 2 aromatic carbocycles. The minimum Gasteiger partial charge on any atom is -0.497 e. The van der Waals surface area contributed by atoms with Crippen molar-refractivity contribution in [2.75, 3.05) is 47.9 Å². The zero-order valence-electron chi connectivity index (χ0n) is 21.7. The lowest BCUT2D eigenvalue weighted by molar-refractivity contribution is -0.126. The fraction of sp³-hybridized carbons (Fsp3) is 0.444. The third kappa shape index (κ3) is 6.97. The van der Waals surface area contributed by atoms with Crippen molar-refractivity contribution in [1.82, 2.24) is 20.4 Å². The average Bonchev–Trinajstić information content (AvgIpc) is 2.86. The maximum absolute atomic E-state index is 13.5. The van der Waals surface area contributed by atoms with E-state index in [1.54, 1.807) is 38.4 Å². The average molecular weight is 497 g/mol. The molecule has 2 aromatic rings. The van der Waals surface area contributed by atoms with Gasteiger partial charge in [0, 0.05) is 37.7 Å². The molecule has 0 aromatic heterocycles. The number of likely N-dealkylation sites (N-methyl/N-ethyl adjacent to an activating group) is 2. The van der Waals surface area contributed by atoms with E-state index in [9.17, 15) is 14.4 Å². The number of carbonyl (C=O) groups is 3. The zero-order chi connectivity index (χ0) is 26.2. The predicted molar refractivity (Wildman–Crippen MR) is 138 cm³/mol. The van der Waals surface area contributed by atoms with Crippen LogP contribution in [-0.4, -0.2) is 87.6 Å². The molecule has 0 saturated carbocycles. The summed E-state index contributed by atoms with van der Waals surface area (Å²) in [5.41, 5.74) is 1.97. The molecule has 9 nitrogen and oxygen atoms in total. The molecule has 2 atom stereocenters. The van der Waals surface area contributed by atoms with E-state index in [1.807, 2.05) is 44.1 Å². The number of carbonyl (C=O) groups excluding carboxylic acids is 3. The van der Waals surface area contributed by atoms with Crippen molar-refractivity contribution >= 4 is 17.7 Å². The monoisotopic (exact) mass is 496 g/mol. The van der Waals surface area contributed by atoms with Gasteiger partial charge in [0.1, 0.15) is 24.1 Å². The van der Waals surface area contributed by atoms with Crippen molar-refractivity contribution in [3.8, 4) is 22.6 Å². The quantitative estimate of drug-likeness (QED) is 0.658. The topological polar surface area (TPSA) is 100 Å². The van der Waals surface area contributed by atoms with Crippen LogP contribution >= 0.6 is 0 Å². The van der Waals surface area contributed by atoms with Gasteiger partial charge in [0.15, 0.2) is 0 Å². The number of ether oxygens (including phenoxy) is 2. The van der Waals surface area contributed by atoms with Crippen LogP contribution in [0.3, 0.4) is 0 Å². The van der Waals surface area contributed by atoms with Crippen LogP contribution in [0, 0.1) is 0 Å². The van der Waals surface area contributed by atoms with E-state index in [0.29, 0.717) is 30.2 Å². The molecule has 3 rings (SSSR count). The van der Waals surface area contributed by atoms with Crippen LogP contribution in [0.25, 0.3) is 11.1 Å².